The molecule has 1 aromatic rings. The normalized spacial score (nSPS) is 23.6. The predicted molar refractivity (Wildman–Crippen MR) is 119 cm³/mol. The van der Waals surface area contributed by atoms with Crippen molar-refractivity contribution in [1.82, 2.24) is 20.4 Å². The number of halogens is 1. The Bertz CT molecular complexity index is 861. The third kappa shape index (κ3) is 5.30. The molecule has 2 amide bonds. The smallest absolute Gasteiger partial charge is 0.338 e. The number of urea groups is 1. The number of carbonyl (C=O) groups is 2. The quantitative estimate of drug-likeness (QED) is 0.660. The molecule has 1 aliphatic carbocycles. The molecule has 2 heterocycles. The zero-order valence-corrected chi connectivity index (χ0v) is 18.7. The second-order valence-electron chi connectivity index (χ2n) is 8.80. The maximum absolute atomic E-state index is 13.9. The summed E-state index contributed by atoms with van der Waals surface area (Å²) in [7, 11) is 0. The van der Waals surface area contributed by atoms with Gasteiger partial charge in [0.05, 0.1) is 18.2 Å². The van der Waals surface area contributed by atoms with Crippen LogP contribution in [0.3, 0.4) is 0 Å². The molecule has 1 atom stereocenters. The average molecular weight is 445 g/mol. The van der Waals surface area contributed by atoms with E-state index in [4.69, 9.17) is 4.74 Å². The minimum atomic E-state index is -0.753. The van der Waals surface area contributed by atoms with E-state index < -0.39 is 23.9 Å². The molecule has 0 aromatic heterocycles. The molecule has 0 radical (unpaired) electrons. The van der Waals surface area contributed by atoms with Crippen molar-refractivity contribution >= 4 is 12.0 Å². The van der Waals surface area contributed by atoms with Crippen molar-refractivity contribution in [3.8, 4) is 0 Å². The number of rotatable bonds is 6. The average Bonchev–Trinajstić information content (AvgIpc) is 2.80. The van der Waals surface area contributed by atoms with Crippen molar-refractivity contribution in [3.63, 3.8) is 0 Å². The molecule has 8 heteroatoms. The van der Waals surface area contributed by atoms with E-state index in [1.54, 1.807) is 19.1 Å². The van der Waals surface area contributed by atoms with Crippen LogP contribution in [0.4, 0.5) is 9.18 Å². The number of benzene rings is 1. The van der Waals surface area contributed by atoms with Gasteiger partial charge in [0.15, 0.2) is 0 Å². The van der Waals surface area contributed by atoms with Gasteiger partial charge in [0.25, 0.3) is 0 Å². The number of hydrogen-bond donors (Lipinski definition) is 2. The number of hydrogen-bond acceptors (Lipinski definition) is 5. The maximum atomic E-state index is 13.9. The largest absolute Gasteiger partial charge is 0.463 e. The summed E-state index contributed by atoms with van der Waals surface area (Å²) in [5.74, 6) is -0.913. The molecular weight excluding hydrogens is 411 g/mol. The molecule has 32 heavy (non-hydrogen) atoms. The van der Waals surface area contributed by atoms with Gasteiger partial charge in [-0.2, -0.15) is 0 Å². The van der Waals surface area contributed by atoms with Crippen molar-refractivity contribution in [3.05, 3.63) is 46.9 Å². The number of carbonyl (C=O) groups excluding carboxylic acids is 2. The van der Waals surface area contributed by atoms with E-state index in [1.807, 2.05) is 0 Å². The third-order valence-electron chi connectivity index (χ3n) is 6.71. The zero-order chi connectivity index (χ0) is 22.5. The molecule has 4 rings (SSSR count). The molecular formula is C24H33FN4O3. The monoisotopic (exact) mass is 444 g/mol. The van der Waals surface area contributed by atoms with Crippen molar-refractivity contribution in [2.45, 2.75) is 51.1 Å². The highest BCUT2D eigenvalue weighted by Crippen LogP contribution is 2.29. The molecule has 0 unspecified atom stereocenters. The SMILES string of the molecule is CCOC(=O)C1=C(CN2CCN(C3CCCCC3)CC2)NC(=O)N[C@@H]1c1cccc(F)c1. The fraction of sp³-hybridized carbons (Fsp3) is 0.583. The summed E-state index contributed by atoms with van der Waals surface area (Å²) >= 11 is 0. The lowest BCUT2D eigenvalue weighted by Crippen LogP contribution is -2.53. The summed E-state index contributed by atoms with van der Waals surface area (Å²) in [5, 5.41) is 5.59. The fourth-order valence-electron chi connectivity index (χ4n) is 5.09. The summed E-state index contributed by atoms with van der Waals surface area (Å²) in [4.78, 5) is 30.2. The predicted octanol–water partition coefficient (Wildman–Crippen LogP) is 2.95. The van der Waals surface area contributed by atoms with Crippen LogP contribution >= 0.6 is 0 Å². The van der Waals surface area contributed by atoms with E-state index in [2.05, 4.69) is 20.4 Å². The molecule has 1 aromatic carbocycles. The molecule has 2 N–H and O–H groups in total. The third-order valence-corrected chi connectivity index (χ3v) is 6.71. The van der Waals surface area contributed by atoms with Crippen molar-refractivity contribution < 1.29 is 18.7 Å². The van der Waals surface area contributed by atoms with Crippen LogP contribution in [-0.2, 0) is 9.53 Å². The molecule has 2 fully saturated rings. The molecule has 2 aliphatic heterocycles. The lowest BCUT2D eigenvalue weighted by molar-refractivity contribution is -0.139. The van der Waals surface area contributed by atoms with Crippen molar-refractivity contribution in [2.75, 3.05) is 39.3 Å². The van der Waals surface area contributed by atoms with Gasteiger partial charge >= 0.3 is 12.0 Å². The van der Waals surface area contributed by atoms with Gasteiger partial charge in [0.2, 0.25) is 0 Å². The molecule has 1 saturated carbocycles. The van der Waals surface area contributed by atoms with Crippen LogP contribution in [0, 0.1) is 5.82 Å². The number of ether oxygens (including phenoxy) is 1. The number of piperazine rings is 1. The van der Waals surface area contributed by atoms with Crippen molar-refractivity contribution in [1.29, 1.82) is 0 Å². The standard InChI is InChI=1S/C24H33FN4O3/c1-2-32-23(30)21-20(26-24(31)27-22(21)17-7-6-8-18(25)15-17)16-28-11-13-29(14-12-28)19-9-4-3-5-10-19/h6-8,15,19,22H,2-5,9-14,16H2,1H3,(H2,26,27,31)/t22-/m1/s1. The molecule has 7 nitrogen and oxygen atoms in total. The first-order valence-corrected chi connectivity index (χ1v) is 11.7. The van der Waals surface area contributed by atoms with Gasteiger partial charge in [-0.15, -0.1) is 0 Å². The minimum absolute atomic E-state index is 0.222. The Morgan fingerprint density at radius 1 is 1.16 bits per heavy atom. The molecule has 174 valence electrons. The van der Waals surface area contributed by atoms with E-state index in [9.17, 15) is 14.0 Å². The number of nitrogens with zero attached hydrogens (tertiary/aromatic N) is 2. The topological polar surface area (TPSA) is 73.9 Å². The van der Waals surface area contributed by atoms with Crippen LogP contribution in [-0.4, -0.2) is 67.2 Å². The second kappa shape index (κ2) is 10.4. The highest BCUT2D eigenvalue weighted by Gasteiger charge is 2.35. The van der Waals surface area contributed by atoms with Crippen LogP contribution in [0.1, 0.15) is 50.6 Å². The Hall–Kier alpha value is -2.45. The minimum Gasteiger partial charge on any atom is -0.463 e. The van der Waals surface area contributed by atoms with Gasteiger partial charge in [-0.1, -0.05) is 31.4 Å². The van der Waals surface area contributed by atoms with Gasteiger partial charge in [0, 0.05) is 44.5 Å². The van der Waals surface area contributed by atoms with Gasteiger partial charge in [-0.3, -0.25) is 9.80 Å². The lowest BCUT2D eigenvalue weighted by Gasteiger charge is -2.41. The van der Waals surface area contributed by atoms with Gasteiger partial charge in [-0.05, 0) is 37.5 Å². The summed E-state index contributed by atoms with van der Waals surface area (Å²) in [5.41, 5.74) is 1.39. The van der Waals surface area contributed by atoms with E-state index >= 15 is 0 Å². The summed E-state index contributed by atoms with van der Waals surface area (Å²) in [6.45, 7) is 6.16. The highest BCUT2D eigenvalue weighted by atomic mass is 19.1. The first-order valence-electron chi connectivity index (χ1n) is 11.7. The lowest BCUT2D eigenvalue weighted by atomic mass is 9.93. The first kappa shape index (κ1) is 22.7. The van der Waals surface area contributed by atoms with Crippen LogP contribution in [0.5, 0.6) is 0 Å². The van der Waals surface area contributed by atoms with Gasteiger partial charge in [0.1, 0.15) is 5.82 Å². The molecule has 0 spiro atoms. The van der Waals surface area contributed by atoms with Crippen molar-refractivity contribution in [2.24, 2.45) is 0 Å². The van der Waals surface area contributed by atoms with Gasteiger partial charge in [-0.25, -0.2) is 14.0 Å². The fourth-order valence-corrected chi connectivity index (χ4v) is 5.09. The number of esters is 1. The number of amides is 2. The summed E-state index contributed by atoms with van der Waals surface area (Å²) in [6, 6.07) is 5.50. The second-order valence-corrected chi connectivity index (χ2v) is 8.80. The molecule has 0 bridgehead atoms. The van der Waals surface area contributed by atoms with E-state index in [-0.39, 0.29) is 6.61 Å². The first-order chi connectivity index (χ1) is 15.5. The highest BCUT2D eigenvalue weighted by molar-refractivity contribution is 5.95. The Balaban J connectivity index is 1.52. The molecule has 3 aliphatic rings. The summed E-state index contributed by atoms with van der Waals surface area (Å²) in [6.07, 6.45) is 6.56. The Morgan fingerprint density at radius 3 is 2.59 bits per heavy atom. The Labute approximate surface area is 189 Å². The Morgan fingerprint density at radius 2 is 1.91 bits per heavy atom. The van der Waals surface area contributed by atoms with E-state index in [1.165, 1.54) is 44.2 Å². The van der Waals surface area contributed by atoms with Crippen LogP contribution in [0.2, 0.25) is 0 Å². The van der Waals surface area contributed by atoms with Crippen LogP contribution < -0.4 is 10.6 Å². The zero-order valence-electron chi connectivity index (χ0n) is 18.7. The summed E-state index contributed by atoms with van der Waals surface area (Å²) < 4.78 is 19.2. The Kier molecular flexibility index (Phi) is 7.42. The van der Waals surface area contributed by atoms with Gasteiger partial charge < -0.3 is 15.4 Å². The number of nitrogens with one attached hydrogen (secondary N) is 2. The molecule has 1 saturated heterocycles. The van der Waals surface area contributed by atoms with Crippen LogP contribution in [0.15, 0.2) is 35.5 Å². The van der Waals surface area contributed by atoms with Crippen LogP contribution in [0.25, 0.3) is 0 Å². The maximum Gasteiger partial charge on any atom is 0.338 e. The van der Waals surface area contributed by atoms with E-state index in [0.717, 1.165) is 26.2 Å². The van der Waals surface area contributed by atoms with E-state index in [0.29, 0.717) is 29.4 Å².